The molecule has 0 radical (unpaired) electrons. The van der Waals surface area contributed by atoms with E-state index in [4.69, 9.17) is 0 Å². The maximum Gasteiger partial charge on any atom is 0.220 e. The van der Waals surface area contributed by atoms with Crippen LogP contribution in [0.5, 0.6) is 0 Å². The van der Waals surface area contributed by atoms with Crippen LogP contribution in [0.25, 0.3) is 0 Å². The van der Waals surface area contributed by atoms with Crippen LogP contribution >= 0.6 is 51.2 Å². The van der Waals surface area contributed by atoms with Crippen molar-refractivity contribution in [3.05, 3.63) is 20.8 Å². The summed E-state index contributed by atoms with van der Waals surface area (Å²) in [6.07, 6.45) is 3.61. The van der Waals surface area contributed by atoms with Crippen molar-refractivity contribution in [1.29, 1.82) is 0 Å². The van der Waals surface area contributed by atoms with Crippen LogP contribution in [-0.2, 0) is 11.3 Å². The van der Waals surface area contributed by atoms with E-state index in [9.17, 15) is 4.79 Å². The van der Waals surface area contributed by atoms with Crippen molar-refractivity contribution in [3.8, 4) is 0 Å². The fourth-order valence-electron chi connectivity index (χ4n) is 2.17. The molecule has 0 spiro atoms. The quantitative estimate of drug-likeness (QED) is 0.235. The average molecular weight is 529 g/mol. The van der Waals surface area contributed by atoms with Crippen LogP contribution in [0.1, 0.15) is 37.5 Å². The molecule has 0 aromatic carbocycles. The third-order valence-corrected chi connectivity index (χ3v) is 5.09. The first-order valence-electron chi connectivity index (χ1n) is 8.11. The lowest BCUT2D eigenvalue weighted by Crippen LogP contribution is -2.38. The first-order chi connectivity index (χ1) is 11.1. The molecule has 1 saturated carbocycles. The first-order valence-corrected chi connectivity index (χ1v) is 9.72. The van der Waals surface area contributed by atoms with E-state index >= 15 is 0 Å². The van der Waals surface area contributed by atoms with Gasteiger partial charge in [-0.05, 0) is 54.2 Å². The summed E-state index contributed by atoms with van der Waals surface area (Å²) in [5.74, 6) is 1.05. The van der Waals surface area contributed by atoms with E-state index in [1.165, 1.54) is 4.88 Å². The Balaban J connectivity index is 0.00000288. The highest BCUT2D eigenvalue weighted by Gasteiger charge is 2.22. The van der Waals surface area contributed by atoms with E-state index in [0.717, 1.165) is 42.1 Å². The lowest BCUT2D eigenvalue weighted by Gasteiger charge is -2.21. The minimum atomic E-state index is 0. The molecule has 136 valence electrons. The number of hydrogen-bond acceptors (Lipinski definition) is 3. The van der Waals surface area contributed by atoms with Crippen molar-refractivity contribution >= 4 is 63.1 Å². The molecule has 0 bridgehead atoms. The van der Waals surface area contributed by atoms with Gasteiger partial charge in [0.05, 0.1) is 10.3 Å². The van der Waals surface area contributed by atoms with Gasteiger partial charge in [0, 0.05) is 37.5 Å². The zero-order valence-electron chi connectivity index (χ0n) is 14.2. The van der Waals surface area contributed by atoms with Gasteiger partial charge in [0.15, 0.2) is 5.96 Å². The van der Waals surface area contributed by atoms with Crippen LogP contribution < -0.4 is 10.6 Å². The molecule has 1 amide bonds. The summed E-state index contributed by atoms with van der Waals surface area (Å²) in [6.45, 7) is 4.39. The van der Waals surface area contributed by atoms with Gasteiger partial charge in [-0.25, -0.2) is 0 Å². The van der Waals surface area contributed by atoms with Gasteiger partial charge in [0.1, 0.15) is 0 Å². The molecule has 1 aromatic heterocycles. The number of thiophene rings is 1. The Morgan fingerprint density at radius 2 is 2.21 bits per heavy atom. The monoisotopic (exact) mass is 528 g/mol. The molecule has 1 heterocycles. The number of aliphatic imine (C=N–C) groups is 1. The van der Waals surface area contributed by atoms with E-state index in [2.05, 4.69) is 55.5 Å². The minimum Gasteiger partial charge on any atom is -0.357 e. The van der Waals surface area contributed by atoms with Gasteiger partial charge < -0.3 is 15.5 Å². The number of rotatable bonds is 8. The molecule has 24 heavy (non-hydrogen) atoms. The van der Waals surface area contributed by atoms with Gasteiger partial charge in [-0.1, -0.05) is 0 Å². The summed E-state index contributed by atoms with van der Waals surface area (Å²) < 4.78 is 1.14. The molecule has 2 N–H and O–H groups in total. The fraction of sp³-hybridized carbons (Fsp3) is 0.625. The molecule has 1 fully saturated rings. The number of carbonyl (C=O) groups excluding carboxylic acids is 1. The van der Waals surface area contributed by atoms with E-state index < -0.39 is 0 Å². The van der Waals surface area contributed by atoms with Crippen LogP contribution in [0.15, 0.2) is 20.9 Å². The van der Waals surface area contributed by atoms with Crippen LogP contribution in [0.2, 0.25) is 0 Å². The number of nitrogens with one attached hydrogen (secondary N) is 2. The predicted molar refractivity (Wildman–Crippen MR) is 115 cm³/mol. The molecule has 0 unspecified atom stereocenters. The van der Waals surface area contributed by atoms with E-state index in [1.54, 1.807) is 11.3 Å². The van der Waals surface area contributed by atoms with Crippen molar-refractivity contribution in [3.63, 3.8) is 0 Å². The number of hydrogen-bond donors (Lipinski definition) is 2. The molecule has 5 nitrogen and oxygen atoms in total. The molecular formula is C16H26BrIN4OS. The second-order valence-electron chi connectivity index (χ2n) is 5.74. The van der Waals surface area contributed by atoms with Crippen molar-refractivity contribution in [1.82, 2.24) is 15.5 Å². The molecule has 1 aliphatic carbocycles. The second kappa shape index (κ2) is 11.3. The van der Waals surface area contributed by atoms with Gasteiger partial charge in [0.25, 0.3) is 0 Å². The highest BCUT2D eigenvalue weighted by molar-refractivity contribution is 14.0. The van der Waals surface area contributed by atoms with Crippen molar-refractivity contribution in [2.24, 2.45) is 4.99 Å². The summed E-state index contributed by atoms with van der Waals surface area (Å²) in [4.78, 5) is 19.7. The summed E-state index contributed by atoms with van der Waals surface area (Å²) in [6, 6.07) is 4.63. The molecular weight excluding hydrogens is 503 g/mol. The Bertz CT molecular complexity index is 548. The number of nitrogens with zero attached hydrogens (tertiary/aromatic N) is 2. The average Bonchev–Trinajstić information content (AvgIpc) is 3.23. The van der Waals surface area contributed by atoms with Crippen molar-refractivity contribution < 1.29 is 4.79 Å². The number of halogens is 2. The van der Waals surface area contributed by atoms with E-state index in [0.29, 0.717) is 19.0 Å². The number of amides is 1. The highest BCUT2D eigenvalue weighted by atomic mass is 127. The molecule has 0 aliphatic heterocycles. The molecule has 0 saturated heterocycles. The van der Waals surface area contributed by atoms with E-state index in [1.807, 2.05) is 7.05 Å². The predicted octanol–water partition coefficient (Wildman–Crippen LogP) is 3.58. The SMILES string of the molecule is CCNC(=NCCCC(=O)NC1CC1)N(C)Cc1ccc(Br)s1.I. The molecule has 2 rings (SSSR count). The number of carbonyl (C=O) groups is 1. The lowest BCUT2D eigenvalue weighted by molar-refractivity contribution is -0.121. The largest absolute Gasteiger partial charge is 0.357 e. The van der Waals surface area contributed by atoms with Crippen LogP contribution in [0, 0.1) is 0 Å². The third kappa shape index (κ3) is 8.15. The normalized spacial score (nSPS) is 14.0. The minimum absolute atomic E-state index is 0. The molecule has 1 aliphatic rings. The van der Waals surface area contributed by atoms with Gasteiger partial charge in [-0.15, -0.1) is 35.3 Å². The van der Waals surface area contributed by atoms with Crippen LogP contribution in [0.4, 0.5) is 0 Å². The van der Waals surface area contributed by atoms with Crippen LogP contribution in [0.3, 0.4) is 0 Å². The highest BCUT2D eigenvalue weighted by Crippen LogP contribution is 2.23. The second-order valence-corrected chi connectivity index (χ2v) is 8.29. The Morgan fingerprint density at radius 1 is 1.46 bits per heavy atom. The van der Waals surface area contributed by atoms with E-state index in [-0.39, 0.29) is 29.9 Å². The van der Waals surface area contributed by atoms with Gasteiger partial charge in [-0.2, -0.15) is 0 Å². The molecule has 8 heteroatoms. The summed E-state index contributed by atoms with van der Waals surface area (Å²) in [5.41, 5.74) is 0. The van der Waals surface area contributed by atoms with Crippen molar-refractivity contribution in [2.75, 3.05) is 20.1 Å². The smallest absolute Gasteiger partial charge is 0.220 e. The first kappa shape index (κ1) is 21.7. The maximum atomic E-state index is 11.7. The van der Waals surface area contributed by atoms with Gasteiger partial charge >= 0.3 is 0 Å². The zero-order chi connectivity index (χ0) is 16.7. The topological polar surface area (TPSA) is 56.7 Å². The fourth-order valence-corrected chi connectivity index (χ4v) is 3.70. The summed E-state index contributed by atoms with van der Waals surface area (Å²) in [7, 11) is 2.04. The Morgan fingerprint density at radius 3 is 2.79 bits per heavy atom. The Kier molecular flexibility index (Phi) is 10.2. The Hall–Kier alpha value is -0.350. The molecule has 1 aromatic rings. The van der Waals surface area contributed by atoms with Gasteiger partial charge in [-0.3, -0.25) is 9.79 Å². The summed E-state index contributed by atoms with van der Waals surface area (Å²) in [5, 5.41) is 6.32. The standard InChI is InChI=1S/C16H25BrN4OS.HI/c1-3-18-16(21(2)11-13-8-9-14(17)23-13)19-10-4-5-15(22)20-12-6-7-12;/h8-9,12H,3-7,10-11H2,1-2H3,(H,18,19)(H,20,22);1H. The van der Waals surface area contributed by atoms with Crippen molar-refractivity contribution in [2.45, 2.75) is 45.2 Å². The number of guanidine groups is 1. The maximum absolute atomic E-state index is 11.7. The zero-order valence-corrected chi connectivity index (χ0v) is 18.9. The van der Waals surface area contributed by atoms with Crippen LogP contribution in [-0.4, -0.2) is 42.9 Å². The lowest BCUT2D eigenvalue weighted by atomic mass is 10.3. The molecule has 0 atom stereocenters. The third-order valence-electron chi connectivity index (χ3n) is 3.48. The summed E-state index contributed by atoms with van der Waals surface area (Å²) >= 11 is 5.23. The van der Waals surface area contributed by atoms with Gasteiger partial charge in [0.2, 0.25) is 5.91 Å². The Labute approximate surface area is 173 Å².